The van der Waals surface area contributed by atoms with Crippen molar-refractivity contribution in [2.45, 2.75) is 52.3 Å². The van der Waals surface area contributed by atoms with Gasteiger partial charge in [0.15, 0.2) is 0 Å². The van der Waals surface area contributed by atoms with Gasteiger partial charge >= 0.3 is 6.09 Å². The van der Waals surface area contributed by atoms with E-state index >= 15 is 0 Å². The standard InChI is InChI=1S/C26H33N4O6/c1-26(2,3)23(15-31)27-24(32)17-8-9-21(22(14-17)30(34)35)28-12-10-19(11-13-28)29-20-7-5-4-6-18(20)16-36-25(29)33/h4-9,14,19,23,31,34H,10-13,15-16H2,1-3H3,(H,27,32)/q-1/p+1/t23-/m1/s1. The van der Waals surface area contributed by atoms with Gasteiger partial charge in [-0.05, 0) is 42.5 Å². The van der Waals surface area contributed by atoms with Crippen LogP contribution in [-0.2, 0) is 11.3 Å². The molecule has 0 spiro atoms. The van der Waals surface area contributed by atoms with E-state index in [9.17, 15) is 19.9 Å². The lowest BCUT2D eigenvalue weighted by atomic mass is 9.87. The number of aliphatic hydroxyl groups excluding tert-OH is 1. The summed E-state index contributed by atoms with van der Waals surface area (Å²) >= 11 is 0. The molecule has 1 fully saturated rings. The molecular formula is C26H34N4O6. The lowest BCUT2D eigenvalue weighted by molar-refractivity contribution is 0.0848. The van der Waals surface area contributed by atoms with Gasteiger partial charge < -0.3 is 30.5 Å². The number of rotatable bonds is 6. The number of carbonyl (C=O) groups excluding carboxylic acids is 2. The molecule has 194 valence electrons. The molecule has 10 nitrogen and oxygen atoms in total. The highest BCUT2D eigenvalue weighted by atomic mass is 16.8. The first-order valence-electron chi connectivity index (χ1n) is 12.1. The molecule has 4 rings (SSSR count). The van der Waals surface area contributed by atoms with E-state index in [0.717, 1.165) is 11.3 Å². The fourth-order valence-electron chi connectivity index (χ4n) is 4.76. The number of cyclic esters (lactones) is 1. The van der Waals surface area contributed by atoms with Gasteiger partial charge in [-0.15, -0.1) is 0 Å². The highest BCUT2D eigenvalue weighted by molar-refractivity contribution is 5.97. The first-order chi connectivity index (χ1) is 17.1. The van der Waals surface area contributed by atoms with Crippen molar-refractivity contribution in [1.29, 1.82) is 0 Å². The first-order valence-corrected chi connectivity index (χ1v) is 12.1. The predicted molar refractivity (Wildman–Crippen MR) is 138 cm³/mol. The lowest BCUT2D eigenvalue weighted by Crippen LogP contribution is -2.49. The van der Waals surface area contributed by atoms with Crippen molar-refractivity contribution in [3.63, 3.8) is 0 Å². The molecule has 0 saturated carbocycles. The van der Waals surface area contributed by atoms with Crippen molar-refractivity contribution < 1.29 is 24.6 Å². The van der Waals surface area contributed by atoms with Crippen LogP contribution in [0.3, 0.4) is 0 Å². The number of fused-ring (bicyclic) bond motifs is 1. The van der Waals surface area contributed by atoms with Crippen LogP contribution in [0.25, 0.3) is 0 Å². The Morgan fingerprint density at radius 2 is 1.92 bits per heavy atom. The first kappa shape index (κ1) is 25.7. The van der Waals surface area contributed by atoms with Crippen LogP contribution in [0.2, 0.25) is 0 Å². The second-order valence-electron chi connectivity index (χ2n) is 10.3. The monoisotopic (exact) mass is 498 g/mol. The molecule has 36 heavy (non-hydrogen) atoms. The zero-order chi connectivity index (χ0) is 26.0. The summed E-state index contributed by atoms with van der Waals surface area (Å²) in [6.07, 6.45) is 0.966. The van der Waals surface area contributed by atoms with E-state index in [1.165, 1.54) is 6.07 Å². The second-order valence-corrected chi connectivity index (χ2v) is 10.3. The Hall–Kier alpha value is -3.34. The minimum absolute atomic E-state index is 0.0176. The number of nitrogens with zero attached hydrogens (tertiary/aromatic N) is 3. The number of amides is 2. The number of para-hydroxylation sites is 1. The number of nitrogens with one attached hydrogen (secondary N) is 1. The maximum absolute atomic E-state index is 12.8. The fourth-order valence-corrected chi connectivity index (χ4v) is 4.76. The Morgan fingerprint density at radius 1 is 1.22 bits per heavy atom. The minimum Gasteiger partial charge on any atom is -0.694 e. The van der Waals surface area contributed by atoms with Crippen molar-refractivity contribution in [2.24, 2.45) is 5.41 Å². The topological polar surface area (TPSA) is 131 Å². The molecule has 4 N–H and O–H groups in total. The molecule has 10 heteroatoms. The normalized spacial score (nSPS) is 17.3. The van der Waals surface area contributed by atoms with Crippen molar-refractivity contribution >= 4 is 29.1 Å². The number of benzene rings is 2. The third-order valence-electron chi connectivity index (χ3n) is 6.96. The number of ether oxygens (including phenoxy) is 1. The van der Waals surface area contributed by atoms with E-state index in [1.54, 1.807) is 17.0 Å². The predicted octanol–water partition coefficient (Wildman–Crippen LogP) is 2.89. The largest absolute Gasteiger partial charge is 0.694 e. The zero-order valence-electron chi connectivity index (χ0n) is 20.9. The number of piperidine rings is 1. The van der Waals surface area contributed by atoms with Crippen LogP contribution in [0.5, 0.6) is 0 Å². The molecule has 2 amide bonds. The van der Waals surface area contributed by atoms with Gasteiger partial charge in [0.25, 0.3) is 5.91 Å². The SMILES string of the molecule is CC(C)(C)[C@@H](CO)NC(=O)c1ccc(N2CCC(N3C(=O)OCc4ccccc43)CC2)c(N([O-])[OH2+])c1. The van der Waals surface area contributed by atoms with E-state index < -0.39 is 11.9 Å². The summed E-state index contributed by atoms with van der Waals surface area (Å²) in [7, 11) is 0. The van der Waals surface area contributed by atoms with Gasteiger partial charge in [0, 0.05) is 30.3 Å². The van der Waals surface area contributed by atoms with Gasteiger partial charge in [-0.3, -0.25) is 9.69 Å². The van der Waals surface area contributed by atoms with E-state index in [0.29, 0.717) is 31.6 Å². The van der Waals surface area contributed by atoms with Crippen LogP contribution in [0, 0.1) is 10.6 Å². The molecule has 1 saturated heterocycles. The van der Waals surface area contributed by atoms with Gasteiger partial charge in [0.05, 0.1) is 24.0 Å². The number of anilines is 3. The molecule has 2 heterocycles. The summed E-state index contributed by atoms with van der Waals surface area (Å²) in [4.78, 5) is 29.1. The van der Waals surface area contributed by atoms with E-state index in [2.05, 4.69) is 5.32 Å². The van der Waals surface area contributed by atoms with Crippen LogP contribution in [0.4, 0.5) is 21.9 Å². The lowest BCUT2D eigenvalue weighted by Gasteiger charge is -2.41. The molecule has 0 unspecified atom stereocenters. The summed E-state index contributed by atoms with van der Waals surface area (Å²) in [5, 5.41) is 32.3. The van der Waals surface area contributed by atoms with Crippen LogP contribution in [-0.4, -0.2) is 54.1 Å². The molecule has 2 aromatic carbocycles. The molecule has 0 bridgehead atoms. The van der Waals surface area contributed by atoms with Gasteiger partial charge in [-0.2, -0.15) is 5.23 Å². The van der Waals surface area contributed by atoms with Gasteiger partial charge in [-0.25, -0.2) is 4.79 Å². The van der Waals surface area contributed by atoms with E-state index in [4.69, 9.17) is 9.94 Å². The Balaban J connectivity index is 1.49. The van der Waals surface area contributed by atoms with E-state index in [1.807, 2.05) is 49.9 Å². The Labute approximate surface area is 210 Å². The molecule has 2 aliphatic heterocycles. The molecule has 2 aromatic rings. The molecule has 0 radical (unpaired) electrons. The average Bonchev–Trinajstić information content (AvgIpc) is 2.86. The third-order valence-corrected chi connectivity index (χ3v) is 6.96. The highest BCUT2D eigenvalue weighted by Gasteiger charge is 2.35. The van der Waals surface area contributed by atoms with Crippen molar-refractivity contribution in [3.05, 3.63) is 58.8 Å². The van der Waals surface area contributed by atoms with Crippen LogP contribution in [0.15, 0.2) is 42.5 Å². The van der Waals surface area contributed by atoms with Crippen LogP contribution >= 0.6 is 0 Å². The van der Waals surface area contributed by atoms with Crippen molar-refractivity contribution in [1.82, 2.24) is 5.32 Å². The third kappa shape index (κ3) is 5.25. The fraction of sp³-hybridized carbons (Fsp3) is 0.462. The van der Waals surface area contributed by atoms with Gasteiger partial charge in [0.1, 0.15) is 12.3 Å². The number of hydrogen-bond acceptors (Lipinski definition) is 7. The number of hydrogen-bond donors (Lipinski definition) is 2. The quantitative estimate of drug-likeness (QED) is 0.462. The van der Waals surface area contributed by atoms with Crippen LogP contribution in [0.1, 0.15) is 49.5 Å². The summed E-state index contributed by atoms with van der Waals surface area (Å²) in [5.41, 5.74) is 2.37. The summed E-state index contributed by atoms with van der Waals surface area (Å²) in [5.74, 6) is -0.417. The van der Waals surface area contributed by atoms with Gasteiger partial charge in [-0.1, -0.05) is 39.0 Å². The molecule has 0 aromatic heterocycles. The van der Waals surface area contributed by atoms with Crippen molar-refractivity contribution in [3.8, 4) is 0 Å². The van der Waals surface area contributed by atoms with Crippen LogP contribution < -0.4 is 20.3 Å². The Bertz CT molecular complexity index is 1110. The molecule has 1 atom stereocenters. The average molecular weight is 499 g/mol. The Morgan fingerprint density at radius 3 is 2.56 bits per heavy atom. The smallest absolute Gasteiger partial charge is 0.414 e. The highest BCUT2D eigenvalue weighted by Crippen LogP contribution is 2.35. The van der Waals surface area contributed by atoms with E-state index in [-0.39, 0.29) is 47.2 Å². The summed E-state index contributed by atoms with van der Waals surface area (Å²) in [6.45, 7) is 6.94. The number of carbonyl (C=O) groups is 2. The summed E-state index contributed by atoms with van der Waals surface area (Å²) in [6, 6.07) is 11.9. The molecule has 0 aliphatic carbocycles. The maximum Gasteiger partial charge on any atom is 0.414 e. The molecular weight excluding hydrogens is 464 g/mol. The summed E-state index contributed by atoms with van der Waals surface area (Å²) < 4.78 is 5.37. The minimum atomic E-state index is -0.460. The number of aliphatic hydroxyl groups is 1. The van der Waals surface area contributed by atoms with Crippen molar-refractivity contribution in [2.75, 3.05) is 34.7 Å². The second kappa shape index (κ2) is 10.3. The van der Waals surface area contributed by atoms with Gasteiger partial charge in [0.2, 0.25) is 0 Å². The Kier molecular flexibility index (Phi) is 7.39. The molecule has 2 aliphatic rings. The zero-order valence-corrected chi connectivity index (χ0v) is 20.9. The maximum atomic E-state index is 12.8.